The Bertz CT molecular complexity index is 1040. The first-order chi connectivity index (χ1) is 16.2. The second-order valence-corrected chi connectivity index (χ2v) is 8.86. The molecule has 1 saturated carbocycles. The highest BCUT2D eigenvalue weighted by molar-refractivity contribution is 6.01. The second-order valence-electron chi connectivity index (χ2n) is 8.86. The molecule has 0 bridgehead atoms. The summed E-state index contributed by atoms with van der Waals surface area (Å²) in [5.41, 5.74) is 1.70. The third-order valence-corrected chi connectivity index (χ3v) is 6.48. The number of hydrogen-bond donors (Lipinski definition) is 1. The Morgan fingerprint density at radius 1 is 1.18 bits per heavy atom. The molecule has 2 fully saturated rings. The Morgan fingerprint density at radius 2 is 1.85 bits per heavy atom. The molecule has 2 amide bonds. The highest BCUT2D eigenvalue weighted by Crippen LogP contribution is 2.50. The maximum atomic E-state index is 13.7. The van der Waals surface area contributed by atoms with Crippen molar-refractivity contribution in [2.45, 2.75) is 77.9 Å². The number of nitrogens with one attached hydrogen (secondary N) is 1. The lowest BCUT2D eigenvalue weighted by Crippen LogP contribution is -2.63. The molecule has 184 valence electrons. The van der Waals surface area contributed by atoms with E-state index < -0.39 is 12.0 Å². The van der Waals surface area contributed by atoms with Crippen LogP contribution in [0.25, 0.3) is 0 Å². The molecule has 34 heavy (non-hydrogen) atoms. The van der Waals surface area contributed by atoms with Gasteiger partial charge < -0.3 is 15.0 Å². The minimum Gasteiger partial charge on any atom is -0.415 e. The highest BCUT2D eigenvalue weighted by Gasteiger charge is 2.55. The largest absolute Gasteiger partial charge is 0.415 e. The van der Waals surface area contributed by atoms with E-state index in [0.717, 1.165) is 11.1 Å². The van der Waals surface area contributed by atoms with Crippen LogP contribution in [0.5, 0.6) is 5.88 Å². The van der Waals surface area contributed by atoms with Crippen LogP contribution >= 0.6 is 0 Å². The third-order valence-electron chi connectivity index (χ3n) is 6.48. The van der Waals surface area contributed by atoms with E-state index in [1.807, 2.05) is 43.0 Å². The number of carbonyl (C=O) groups is 2. The van der Waals surface area contributed by atoms with Crippen molar-refractivity contribution in [1.82, 2.24) is 9.88 Å². The summed E-state index contributed by atoms with van der Waals surface area (Å²) in [7, 11) is 0. The number of alkyl halides is 2. The number of pyridine rings is 1. The summed E-state index contributed by atoms with van der Waals surface area (Å²) in [6.07, 6.45) is 1.51. The number of ether oxygens (including phenoxy) is 1. The zero-order valence-corrected chi connectivity index (χ0v) is 20.4. The van der Waals surface area contributed by atoms with Crippen molar-refractivity contribution in [2.24, 2.45) is 0 Å². The van der Waals surface area contributed by atoms with Crippen molar-refractivity contribution >= 4 is 17.5 Å². The standard InChI is InChI=1S/C24H27F2N3O3.C2H6/c1-14(2)17-6-4-5-7-18(17)24(12-16(13-24)29-11-10-20(29)30)22(31)28-19-9-8-15(3)27-21(19)32-23(25)26;1-2/h4-9,14,16,23H,10-13H2,1-3H3,(H,28,31);1-2H3. The van der Waals surface area contributed by atoms with Crippen molar-refractivity contribution in [1.29, 1.82) is 0 Å². The molecule has 8 heteroatoms. The monoisotopic (exact) mass is 473 g/mol. The number of likely N-dealkylation sites (tertiary alicyclic amines) is 1. The van der Waals surface area contributed by atoms with Gasteiger partial charge in [-0.2, -0.15) is 8.78 Å². The molecule has 0 atom stereocenters. The van der Waals surface area contributed by atoms with Gasteiger partial charge in [0.2, 0.25) is 17.7 Å². The highest BCUT2D eigenvalue weighted by atomic mass is 19.3. The van der Waals surface area contributed by atoms with E-state index in [4.69, 9.17) is 0 Å². The van der Waals surface area contributed by atoms with Crippen LogP contribution < -0.4 is 10.1 Å². The third kappa shape index (κ3) is 4.91. The van der Waals surface area contributed by atoms with Crippen LogP contribution in [0.4, 0.5) is 14.5 Å². The minimum atomic E-state index is -3.05. The van der Waals surface area contributed by atoms with E-state index in [0.29, 0.717) is 31.5 Å². The SMILES string of the molecule is CC.Cc1ccc(NC(=O)C2(c3ccccc3C(C)C)CC(N3CCC3=O)C2)c(OC(F)F)n1. The molecule has 2 aliphatic rings. The summed E-state index contributed by atoms with van der Waals surface area (Å²) in [4.78, 5) is 31.5. The first-order valence-electron chi connectivity index (χ1n) is 11.8. The molecule has 0 radical (unpaired) electrons. The van der Waals surface area contributed by atoms with Gasteiger partial charge >= 0.3 is 6.61 Å². The topological polar surface area (TPSA) is 71.5 Å². The van der Waals surface area contributed by atoms with Crippen LogP contribution in [0, 0.1) is 6.92 Å². The van der Waals surface area contributed by atoms with E-state index in [-0.39, 0.29) is 35.3 Å². The predicted octanol–water partition coefficient (Wildman–Crippen LogP) is 5.41. The van der Waals surface area contributed by atoms with Crippen LogP contribution in [0.2, 0.25) is 0 Å². The molecule has 1 aromatic carbocycles. The molecule has 0 unspecified atom stereocenters. The van der Waals surface area contributed by atoms with Gasteiger partial charge in [-0.15, -0.1) is 0 Å². The molecule has 4 rings (SSSR count). The van der Waals surface area contributed by atoms with Gasteiger partial charge in [0.15, 0.2) is 0 Å². The Morgan fingerprint density at radius 3 is 2.41 bits per heavy atom. The minimum absolute atomic E-state index is 0.00449. The van der Waals surface area contributed by atoms with Crippen LogP contribution in [0.1, 0.15) is 69.7 Å². The van der Waals surface area contributed by atoms with Crippen molar-refractivity contribution in [2.75, 3.05) is 11.9 Å². The number of halogens is 2. The van der Waals surface area contributed by atoms with Crippen molar-refractivity contribution < 1.29 is 23.1 Å². The van der Waals surface area contributed by atoms with Crippen molar-refractivity contribution in [3.8, 4) is 5.88 Å². The van der Waals surface area contributed by atoms with Gasteiger partial charge in [-0.3, -0.25) is 9.59 Å². The number of aromatic nitrogens is 1. The van der Waals surface area contributed by atoms with E-state index >= 15 is 0 Å². The molecule has 0 spiro atoms. The maximum Gasteiger partial charge on any atom is 0.388 e. The zero-order valence-electron chi connectivity index (χ0n) is 20.4. The number of aryl methyl sites for hydroxylation is 1. The summed E-state index contributed by atoms with van der Waals surface area (Å²) in [5.74, 6) is -0.315. The fourth-order valence-corrected chi connectivity index (χ4v) is 4.69. The van der Waals surface area contributed by atoms with Gasteiger partial charge in [-0.25, -0.2) is 4.98 Å². The molecule has 2 aromatic rings. The molecular weight excluding hydrogens is 440 g/mol. The zero-order chi connectivity index (χ0) is 25.0. The average Bonchev–Trinajstić information content (AvgIpc) is 2.77. The number of carbonyl (C=O) groups excluding carboxylic acids is 2. The van der Waals surface area contributed by atoms with Gasteiger partial charge in [0.1, 0.15) is 5.69 Å². The lowest BCUT2D eigenvalue weighted by Gasteiger charge is -2.53. The average molecular weight is 474 g/mol. The lowest BCUT2D eigenvalue weighted by molar-refractivity contribution is -0.150. The number of benzene rings is 1. The Labute approximate surface area is 199 Å². The van der Waals surface area contributed by atoms with E-state index in [1.165, 1.54) is 6.07 Å². The molecule has 1 aromatic heterocycles. The van der Waals surface area contributed by atoms with E-state index in [9.17, 15) is 18.4 Å². The number of nitrogens with zero attached hydrogens (tertiary/aromatic N) is 2. The first-order valence-corrected chi connectivity index (χ1v) is 11.8. The molecule has 1 N–H and O–H groups in total. The first kappa shape index (κ1) is 25.6. The van der Waals surface area contributed by atoms with Gasteiger partial charge in [-0.05, 0) is 48.9 Å². The summed E-state index contributed by atoms with van der Waals surface area (Å²) < 4.78 is 30.3. The number of anilines is 1. The Balaban J connectivity index is 0.00000158. The van der Waals surface area contributed by atoms with Crippen LogP contribution in [0.15, 0.2) is 36.4 Å². The van der Waals surface area contributed by atoms with E-state index in [2.05, 4.69) is 28.9 Å². The Kier molecular flexibility index (Phi) is 7.89. The molecule has 1 saturated heterocycles. The van der Waals surface area contributed by atoms with Crippen molar-refractivity contribution in [3.05, 3.63) is 53.2 Å². The van der Waals surface area contributed by atoms with Crippen molar-refractivity contribution in [3.63, 3.8) is 0 Å². The van der Waals surface area contributed by atoms with Crippen LogP contribution in [-0.4, -0.2) is 40.9 Å². The summed E-state index contributed by atoms with van der Waals surface area (Å²) in [6.45, 7) is 7.45. The predicted molar refractivity (Wildman–Crippen MR) is 127 cm³/mol. The summed E-state index contributed by atoms with van der Waals surface area (Å²) >= 11 is 0. The molecule has 1 aliphatic heterocycles. The quantitative estimate of drug-likeness (QED) is 0.546. The molecule has 2 heterocycles. The molecule has 1 aliphatic carbocycles. The van der Waals surface area contributed by atoms with Gasteiger partial charge in [-0.1, -0.05) is 52.0 Å². The summed E-state index contributed by atoms with van der Waals surface area (Å²) in [6, 6.07) is 11.0. The molecule has 6 nitrogen and oxygen atoms in total. The number of amides is 2. The van der Waals surface area contributed by atoms with Gasteiger partial charge in [0.25, 0.3) is 0 Å². The number of β-lactam (4-membered cyclic amide) rings is 1. The normalized spacial score (nSPS) is 21.4. The fourth-order valence-electron chi connectivity index (χ4n) is 4.69. The van der Waals surface area contributed by atoms with Gasteiger partial charge in [0.05, 0.1) is 5.41 Å². The maximum absolute atomic E-state index is 13.7. The molecular formula is C26H33F2N3O3. The van der Waals surface area contributed by atoms with Crippen LogP contribution in [-0.2, 0) is 15.0 Å². The van der Waals surface area contributed by atoms with Gasteiger partial charge in [0, 0.05) is 24.7 Å². The Hall–Kier alpha value is -3.03. The lowest BCUT2D eigenvalue weighted by atomic mass is 9.58. The number of rotatable bonds is 7. The smallest absolute Gasteiger partial charge is 0.388 e. The van der Waals surface area contributed by atoms with Crippen LogP contribution in [0.3, 0.4) is 0 Å². The number of hydrogen-bond acceptors (Lipinski definition) is 4. The summed E-state index contributed by atoms with van der Waals surface area (Å²) in [5, 5.41) is 2.79. The second kappa shape index (κ2) is 10.5. The fraction of sp³-hybridized carbons (Fsp3) is 0.500. The van der Waals surface area contributed by atoms with E-state index in [1.54, 1.807) is 13.0 Å².